The Labute approximate surface area is 116 Å². The third-order valence-electron chi connectivity index (χ3n) is 2.83. The second kappa shape index (κ2) is 6.33. The van der Waals surface area contributed by atoms with E-state index in [1.54, 1.807) is 12.6 Å². The Balaban J connectivity index is 1.92. The van der Waals surface area contributed by atoms with Gasteiger partial charge in [0.2, 0.25) is 5.91 Å². The molecule has 19 heavy (non-hydrogen) atoms. The van der Waals surface area contributed by atoms with Crippen molar-refractivity contribution >= 4 is 17.2 Å². The van der Waals surface area contributed by atoms with E-state index in [2.05, 4.69) is 10.3 Å². The van der Waals surface area contributed by atoms with Gasteiger partial charge in [0.1, 0.15) is 5.75 Å². The summed E-state index contributed by atoms with van der Waals surface area (Å²) in [5.74, 6) is 0.787. The molecule has 0 aliphatic heterocycles. The molecule has 0 fully saturated rings. The second-order valence-corrected chi connectivity index (χ2v) is 5.07. The van der Waals surface area contributed by atoms with Gasteiger partial charge in [-0.3, -0.25) is 4.79 Å². The molecule has 1 N–H and O–H groups in total. The van der Waals surface area contributed by atoms with Gasteiger partial charge >= 0.3 is 0 Å². The number of carbonyl (C=O) groups is 1. The van der Waals surface area contributed by atoms with Gasteiger partial charge in [-0.2, -0.15) is 0 Å². The van der Waals surface area contributed by atoms with E-state index in [1.807, 2.05) is 31.2 Å². The molecule has 0 saturated heterocycles. The van der Waals surface area contributed by atoms with Crippen LogP contribution in [0.1, 0.15) is 16.1 Å². The van der Waals surface area contributed by atoms with Gasteiger partial charge < -0.3 is 10.1 Å². The molecule has 0 aliphatic carbocycles. The zero-order valence-electron chi connectivity index (χ0n) is 11.0. The van der Waals surface area contributed by atoms with Crippen molar-refractivity contribution in [1.82, 2.24) is 10.3 Å². The quantitative estimate of drug-likeness (QED) is 0.911. The van der Waals surface area contributed by atoms with Crippen molar-refractivity contribution in [2.75, 3.05) is 7.11 Å². The topological polar surface area (TPSA) is 51.2 Å². The highest BCUT2D eigenvalue weighted by atomic mass is 32.1. The molecule has 2 rings (SSSR count). The number of nitrogens with one attached hydrogen (secondary N) is 1. The smallest absolute Gasteiger partial charge is 0.225 e. The van der Waals surface area contributed by atoms with Gasteiger partial charge in [-0.15, -0.1) is 11.3 Å². The maximum absolute atomic E-state index is 11.9. The van der Waals surface area contributed by atoms with E-state index >= 15 is 0 Å². The number of aromatic nitrogens is 1. The summed E-state index contributed by atoms with van der Waals surface area (Å²) in [7, 11) is 1.63. The number of para-hydroxylation sites is 1. The van der Waals surface area contributed by atoms with Crippen LogP contribution in [-0.4, -0.2) is 18.0 Å². The summed E-state index contributed by atoms with van der Waals surface area (Å²) in [6.45, 7) is 2.39. The molecule has 1 aromatic carbocycles. The maximum Gasteiger partial charge on any atom is 0.225 e. The summed E-state index contributed by atoms with van der Waals surface area (Å²) < 4.78 is 5.24. The van der Waals surface area contributed by atoms with Crippen molar-refractivity contribution in [3.63, 3.8) is 0 Å². The van der Waals surface area contributed by atoms with Crippen molar-refractivity contribution in [3.8, 4) is 5.75 Å². The van der Waals surface area contributed by atoms with Gasteiger partial charge in [0, 0.05) is 17.0 Å². The van der Waals surface area contributed by atoms with Crippen molar-refractivity contribution < 1.29 is 9.53 Å². The molecule has 0 bridgehead atoms. The Morgan fingerprint density at radius 2 is 2.21 bits per heavy atom. The predicted octanol–water partition coefficient (Wildman–Crippen LogP) is 2.32. The number of rotatable bonds is 5. The summed E-state index contributed by atoms with van der Waals surface area (Å²) >= 11 is 1.51. The molecule has 5 heteroatoms. The molecule has 1 amide bonds. The molecule has 1 aromatic heterocycles. The minimum absolute atomic E-state index is 0.00161. The molecular formula is C14H16N2O2S. The summed E-state index contributed by atoms with van der Waals surface area (Å²) in [4.78, 5) is 17.0. The molecule has 2 aromatic rings. The van der Waals surface area contributed by atoms with E-state index in [0.717, 1.165) is 21.9 Å². The molecule has 0 atom stereocenters. The van der Waals surface area contributed by atoms with Crippen molar-refractivity contribution in [2.45, 2.75) is 19.9 Å². The Kier molecular flexibility index (Phi) is 4.52. The average molecular weight is 276 g/mol. The molecule has 4 nitrogen and oxygen atoms in total. The highest BCUT2D eigenvalue weighted by Crippen LogP contribution is 2.17. The van der Waals surface area contributed by atoms with Crippen LogP contribution in [0.3, 0.4) is 0 Å². The number of amides is 1. The first-order valence-electron chi connectivity index (χ1n) is 5.98. The summed E-state index contributed by atoms with van der Waals surface area (Å²) in [6.07, 6.45) is 0.381. The van der Waals surface area contributed by atoms with E-state index in [9.17, 15) is 4.79 Å². The molecule has 100 valence electrons. The van der Waals surface area contributed by atoms with Crippen molar-refractivity contribution in [2.24, 2.45) is 0 Å². The highest BCUT2D eigenvalue weighted by molar-refractivity contribution is 7.09. The Morgan fingerprint density at radius 1 is 1.42 bits per heavy atom. The van der Waals surface area contributed by atoms with Crippen LogP contribution in [0.25, 0.3) is 0 Å². The normalized spacial score (nSPS) is 10.2. The Bertz CT molecular complexity index is 566. The van der Waals surface area contributed by atoms with Gasteiger partial charge in [0.25, 0.3) is 0 Å². The van der Waals surface area contributed by atoms with Gasteiger partial charge in [-0.1, -0.05) is 18.2 Å². The second-order valence-electron chi connectivity index (χ2n) is 4.13. The number of hydrogen-bond donors (Lipinski definition) is 1. The largest absolute Gasteiger partial charge is 0.496 e. The van der Waals surface area contributed by atoms with Crippen LogP contribution < -0.4 is 10.1 Å². The van der Waals surface area contributed by atoms with E-state index in [4.69, 9.17) is 4.74 Å². The first kappa shape index (κ1) is 13.5. The lowest BCUT2D eigenvalue weighted by atomic mass is 10.2. The monoisotopic (exact) mass is 276 g/mol. The molecule has 1 heterocycles. The number of carbonyl (C=O) groups excluding carboxylic acids is 1. The van der Waals surface area contributed by atoms with Crippen molar-refractivity contribution in [3.05, 3.63) is 45.9 Å². The fourth-order valence-corrected chi connectivity index (χ4v) is 2.52. The van der Waals surface area contributed by atoms with Crippen molar-refractivity contribution in [1.29, 1.82) is 0 Å². The van der Waals surface area contributed by atoms with Crippen LogP contribution in [-0.2, 0) is 17.8 Å². The number of ether oxygens (including phenoxy) is 1. The fraction of sp³-hybridized carbons (Fsp3) is 0.286. The lowest BCUT2D eigenvalue weighted by Crippen LogP contribution is -2.24. The molecular weight excluding hydrogens is 260 g/mol. The maximum atomic E-state index is 11.9. The zero-order valence-corrected chi connectivity index (χ0v) is 11.8. The predicted molar refractivity (Wildman–Crippen MR) is 75.4 cm³/mol. The minimum Gasteiger partial charge on any atom is -0.496 e. The first-order chi connectivity index (χ1) is 9.20. The average Bonchev–Trinajstić information content (AvgIpc) is 2.82. The van der Waals surface area contributed by atoms with Crippen LogP contribution >= 0.6 is 11.3 Å². The van der Waals surface area contributed by atoms with Crippen LogP contribution in [0.15, 0.2) is 29.8 Å². The molecule has 0 spiro atoms. The first-order valence-corrected chi connectivity index (χ1v) is 6.86. The van der Waals surface area contributed by atoms with Crippen LogP contribution in [0, 0.1) is 6.92 Å². The third kappa shape index (κ3) is 3.54. The third-order valence-corrected chi connectivity index (χ3v) is 3.77. The summed E-state index contributed by atoms with van der Waals surface area (Å²) in [5, 5.41) is 2.90. The highest BCUT2D eigenvalue weighted by Gasteiger charge is 2.09. The zero-order chi connectivity index (χ0) is 13.7. The number of methoxy groups -OCH3 is 1. The van der Waals surface area contributed by atoms with Gasteiger partial charge in [0.15, 0.2) is 0 Å². The van der Waals surface area contributed by atoms with Crippen LogP contribution in [0.5, 0.6) is 5.75 Å². The van der Waals surface area contributed by atoms with E-state index < -0.39 is 0 Å². The number of aryl methyl sites for hydroxylation is 1. The van der Waals surface area contributed by atoms with Gasteiger partial charge in [-0.25, -0.2) is 4.98 Å². The lowest BCUT2D eigenvalue weighted by Gasteiger charge is -2.09. The summed E-state index contributed by atoms with van der Waals surface area (Å²) in [6, 6.07) is 7.66. The van der Waals surface area contributed by atoms with E-state index in [0.29, 0.717) is 13.0 Å². The number of thiazole rings is 1. The number of nitrogens with zero attached hydrogens (tertiary/aromatic N) is 1. The lowest BCUT2D eigenvalue weighted by molar-refractivity contribution is -0.120. The Morgan fingerprint density at radius 3 is 2.89 bits per heavy atom. The number of hydrogen-bond acceptors (Lipinski definition) is 4. The molecule has 0 radical (unpaired) electrons. The van der Waals surface area contributed by atoms with Gasteiger partial charge in [0.05, 0.1) is 24.7 Å². The SMILES string of the molecule is COc1ccccc1CNC(=O)Cc1scnc1C. The van der Waals surface area contributed by atoms with E-state index in [-0.39, 0.29) is 5.91 Å². The number of benzene rings is 1. The Hall–Kier alpha value is -1.88. The minimum atomic E-state index is -0.00161. The van der Waals surface area contributed by atoms with Gasteiger partial charge in [-0.05, 0) is 13.0 Å². The molecule has 0 unspecified atom stereocenters. The molecule has 0 aliphatic rings. The van der Waals surface area contributed by atoms with E-state index in [1.165, 1.54) is 11.3 Å². The standard InChI is InChI=1S/C14H16N2O2S/c1-10-13(19-9-16-10)7-14(17)15-8-11-5-3-4-6-12(11)18-2/h3-6,9H,7-8H2,1-2H3,(H,15,17). The van der Waals surface area contributed by atoms with Crippen LogP contribution in [0.4, 0.5) is 0 Å². The fourth-order valence-electron chi connectivity index (χ4n) is 1.75. The summed E-state index contributed by atoms with van der Waals surface area (Å²) in [5.41, 5.74) is 3.66. The van der Waals surface area contributed by atoms with Crippen LogP contribution in [0.2, 0.25) is 0 Å². The molecule has 0 saturated carbocycles.